The van der Waals surface area contributed by atoms with Gasteiger partial charge in [-0.25, -0.2) is 0 Å². The largest absolute Gasteiger partial charge is 0.401 e. The molecule has 0 spiro atoms. The fourth-order valence-electron chi connectivity index (χ4n) is 2.04. The first kappa shape index (κ1) is 16.9. The molecule has 0 saturated heterocycles. The van der Waals surface area contributed by atoms with Gasteiger partial charge in [-0.3, -0.25) is 14.8 Å². The lowest BCUT2D eigenvalue weighted by molar-refractivity contribution is -0.112. The van der Waals surface area contributed by atoms with Crippen molar-refractivity contribution >= 4 is 29.6 Å². The van der Waals surface area contributed by atoms with E-state index in [0.29, 0.717) is 10.7 Å². The number of hydrogen-bond donors (Lipinski definition) is 1. The van der Waals surface area contributed by atoms with Gasteiger partial charge in [0, 0.05) is 23.3 Å². The standard InChI is InChI=1S/C17H16ClN5O2/c1-11(2)23-10-9-14(22-23)16-20-21-17(25-16)19-15(24)8-7-12-5-3-4-6-13(12)18/h3-11H,1-2H3,(H,19,21,24)/b8-7+. The summed E-state index contributed by atoms with van der Waals surface area (Å²) in [5.41, 5.74) is 1.29. The van der Waals surface area contributed by atoms with Crippen molar-refractivity contribution in [3.63, 3.8) is 0 Å². The molecule has 1 N–H and O–H groups in total. The third-order valence-electron chi connectivity index (χ3n) is 3.33. The van der Waals surface area contributed by atoms with Crippen molar-refractivity contribution in [1.29, 1.82) is 0 Å². The van der Waals surface area contributed by atoms with E-state index in [-0.39, 0.29) is 17.9 Å². The Kier molecular flexibility index (Phi) is 4.95. The van der Waals surface area contributed by atoms with E-state index in [1.165, 1.54) is 6.08 Å². The summed E-state index contributed by atoms with van der Waals surface area (Å²) in [7, 11) is 0. The number of nitrogens with one attached hydrogen (secondary N) is 1. The third kappa shape index (κ3) is 4.13. The number of carbonyl (C=O) groups is 1. The highest BCUT2D eigenvalue weighted by molar-refractivity contribution is 6.32. The Morgan fingerprint density at radius 3 is 2.80 bits per heavy atom. The Morgan fingerprint density at radius 1 is 1.28 bits per heavy atom. The van der Waals surface area contributed by atoms with Gasteiger partial charge < -0.3 is 4.42 Å². The molecule has 0 fully saturated rings. The lowest BCUT2D eigenvalue weighted by Crippen LogP contribution is -2.07. The quantitative estimate of drug-likeness (QED) is 0.701. The number of aromatic nitrogens is 4. The molecular formula is C17H16ClN5O2. The first-order valence-electron chi connectivity index (χ1n) is 7.65. The normalized spacial score (nSPS) is 11.4. The predicted molar refractivity (Wildman–Crippen MR) is 95.0 cm³/mol. The van der Waals surface area contributed by atoms with Crippen LogP contribution in [-0.2, 0) is 4.79 Å². The molecule has 25 heavy (non-hydrogen) atoms. The number of hydrogen-bond acceptors (Lipinski definition) is 5. The maximum absolute atomic E-state index is 11.9. The molecule has 0 saturated carbocycles. The molecule has 8 heteroatoms. The van der Waals surface area contributed by atoms with Crippen LogP contribution in [0.4, 0.5) is 6.01 Å². The van der Waals surface area contributed by atoms with Crippen LogP contribution in [0.15, 0.2) is 47.0 Å². The van der Waals surface area contributed by atoms with Gasteiger partial charge in [0.15, 0.2) is 0 Å². The van der Waals surface area contributed by atoms with Crippen molar-refractivity contribution < 1.29 is 9.21 Å². The number of anilines is 1. The molecule has 1 aromatic carbocycles. The highest BCUT2D eigenvalue weighted by atomic mass is 35.5. The molecule has 0 bridgehead atoms. The maximum atomic E-state index is 11.9. The van der Waals surface area contributed by atoms with Crippen molar-refractivity contribution in [3.05, 3.63) is 53.2 Å². The van der Waals surface area contributed by atoms with Crippen LogP contribution in [0.25, 0.3) is 17.7 Å². The Morgan fingerprint density at radius 2 is 2.08 bits per heavy atom. The Hall–Kier alpha value is -2.93. The number of nitrogens with zero attached hydrogens (tertiary/aromatic N) is 4. The molecular weight excluding hydrogens is 342 g/mol. The van der Waals surface area contributed by atoms with E-state index >= 15 is 0 Å². The molecule has 2 heterocycles. The third-order valence-corrected chi connectivity index (χ3v) is 3.68. The van der Waals surface area contributed by atoms with Crippen LogP contribution in [0.3, 0.4) is 0 Å². The minimum Gasteiger partial charge on any atom is -0.401 e. The molecule has 2 aromatic heterocycles. The Labute approximate surface area is 149 Å². The molecule has 128 valence electrons. The van der Waals surface area contributed by atoms with Gasteiger partial charge in [0.2, 0.25) is 0 Å². The van der Waals surface area contributed by atoms with Gasteiger partial charge in [0.05, 0.1) is 0 Å². The van der Waals surface area contributed by atoms with Gasteiger partial charge >= 0.3 is 6.01 Å². The molecule has 0 aliphatic heterocycles. The first-order valence-corrected chi connectivity index (χ1v) is 8.03. The second kappa shape index (κ2) is 7.31. The fraction of sp³-hybridized carbons (Fsp3) is 0.176. The highest BCUT2D eigenvalue weighted by Crippen LogP contribution is 2.19. The summed E-state index contributed by atoms with van der Waals surface area (Å²) in [5, 5.41) is 15.1. The van der Waals surface area contributed by atoms with Gasteiger partial charge in [-0.15, -0.1) is 5.10 Å². The highest BCUT2D eigenvalue weighted by Gasteiger charge is 2.13. The van der Waals surface area contributed by atoms with Crippen molar-refractivity contribution in [2.75, 3.05) is 5.32 Å². The summed E-state index contributed by atoms with van der Waals surface area (Å²) in [5.74, 6) is -0.160. The topological polar surface area (TPSA) is 85.8 Å². The van der Waals surface area contributed by atoms with Crippen molar-refractivity contribution in [2.24, 2.45) is 0 Å². The molecule has 0 aliphatic rings. The number of amides is 1. The van der Waals surface area contributed by atoms with Crippen LogP contribution >= 0.6 is 11.6 Å². The van der Waals surface area contributed by atoms with Crippen molar-refractivity contribution in [2.45, 2.75) is 19.9 Å². The SMILES string of the molecule is CC(C)n1ccc(-c2nnc(NC(=O)/C=C/c3ccccc3Cl)o2)n1. The first-order chi connectivity index (χ1) is 12.0. The van der Waals surface area contributed by atoms with Gasteiger partial charge in [0.25, 0.3) is 11.8 Å². The maximum Gasteiger partial charge on any atom is 0.322 e. The van der Waals surface area contributed by atoms with E-state index in [1.54, 1.807) is 22.9 Å². The minimum atomic E-state index is -0.400. The molecule has 3 rings (SSSR count). The summed E-state index contributed by atoms with van der Waals surface area (Å²) >= 11 is 6.03. The van der Waals surface area contributed by atoms with Crippen molar-refractivity contribution in [1.82, 2.24) is 20.0 Å². The second-order valence-electron chi connectivity index (χ2n) is 5.53. The van der Waals surface area contributed by atoms with Gasteiger partial charge in [-0.05, 0) is 37.6 Å². The van der Waals surface area contributed by atoms with Gasteiger partial charge in [-0.2, -0.15) is 5.10 Å². The Balaban J connectivity index is 1.66. The summed E-state index contributed by atoms with van der Waals surface area (Å²) in [6.45, 7) is 4.03. The van der Waals surface area contributed by atoms with E-state index in [1.807, 2.05) is 38.2 Å². The Bertz CT molecular complexity index is 913. The van der Waals surface area contributed by atoms with Crippen LogP contribution in [-0.4, -0.2) is 25.9 Å². The van der Waals surface area contributed by atoms with Crippen molar-refractivity contribution in [3.8, 4) is 11.6 Å². The lowest BCUT2D eigenvalue weighted by atomic mass is 10.2. The number of benzene rings is 1. The van der Waals surface area contributed by atoms with E-state index in [2.05, 4.69) is 20.6 Å². The van der Waals surface area contributed by atoms with Crippen LogP contribution < -0.4 is 5.32 Å². The molecule has 0 atom stereocenters. The fourth-order valence-corrected chi connectivity index (χ4v) is 2.24. The molecule has 3 aromatic rings. The summed E-state index contributed by atoms with van der Waals surface area (Å²) in [4.78, 5) is 11.9. The van der Waals surface area contributed by atoms with E-state index in [0.717, 1.165) is 5.56 Å². The zero-order valence-electron chi connectivity index (χ0n) is 13.7. The number of rotatable bonds is 5. The zero-order valence-corrected chi connectivity index (χ0v) is 14.4. The van der Waals surface area contributed by atoms with Gasteiger partial charge in [0.1, 0.15) is 5.69 Å². The number of halogens is 1. The summed E-state index contributed by atoms with van der Waals surface area (Å²) < 4.78 is 7.20. The molecule has 1 amide bonds. The van der Waals surface area contributed by atoms with E-state index in [4.69, 9.17) is 16.0 Å². The van der Waals surface area contributed by atoms with Crippen LogP contribution in [0, 0.1) is 0 Å². The minimum absolute atomic E-state index is 0.00269. The molecule has 0 radical (unpaired) electrons. The zero-order chi connectivity index (χ0) is 17.8. The molecule has 0 aliphatic carbocycles. The summed E-state index contributed by atoms with van der Waals surface area (Å²) in [6.07, 6.45) is 4.78. The van der Waals surface area contributed by atoms with Crippen LogP contribution in [0.5, 0.6) is 0 Å². The van der Waals surface area contributed by atoms with Gasteiger partial charge in [-0.1, -0.05) is 34.9 Å². The summed E-state index contributed by atoms with van der Waals surface area (Å²) in [6, 6.07) is 9.22. The monoisotopic (exact) mass is 357 g/mol. The average Bonchev–Trinajstić information content (AvgIpc) is 3.23. The number of carbonyl (C=O) groups excluding carboxylic acids is 1. The van der Waals surface area contributed by atoms with Crippen LogP contribution in [0.2, 0.25) is 5.02 Å². The van der Waals surface area contributed by atoms with Crippen LogP contribution in [0.1, 0.15) is 25.5 Å². The smallest absolute Gasteiger partial charge is 0.322 e. The second-order valence-corrected chi connectivity index (χ2v) is 5.94. The lowest BCUT2D eigenvalue weighted by Gasteiger charge is -2.02. The molecule has 7 nitrogen and oxygen atoms in total. The van der Waals surface area contributed by atoms with E-state index < -0.39 is 5.91 Å². The predicted octanol–water partition coefficient (Wildman–Crippen LogP) is 3.82. The molecule has 0 unspecified atom stereocenters. The average molecular weight is 358 g/mol. The van der Waals surface area contributed by atoms with E-state index in [9.17, 15) is 4.79 Å².